The molecular weight excluding hydrogens is 528 g/mol. The van der Waals surface area contributed by atoms with E-state index >= 15 is 0 Å². The van der Waals surface area contributed by atoms with Crippen LogP contribution in [0.3, 0.4) is 0 Å². The SMILES string of the molecule is C.C=C(CCCCC)C(C)CCCCC.C=C(CCCCC)CCCCCCC.C=C(CCCCC)CCc1ccccc1. The van der Waals surface area contributed by atoms with Crippen LogP contribution < -0.4 is 0 Å². The molecule has 1 atom stereocenters. The quantitative estimate of drug-likeness (QED) is 0.0723. The van der Waals surface area contributed by atoms with Crippen molar-refractivity contribution in [3.63, 3.8) is 0 Å². The number of aryl methyl sites for hydroxylation is 1. The summed E-state index contributed by atoms with van der Waals surface area (Å²) in [7, 11) is 0. The lowest BCUT2D eigenvalue weighted by atomic mass is 9.92. The van der Waals surface area contributed by atoms with Crippen molar-refractivity contribution < 1.29 is 0 Å². The van der Waals surface area contributed by atoms with Gasteiger partial charge in [-0.15, -0.1) is 0 Å². The molecule has 0 saturated heterocycles. The Balaban J connectivity index is -0.000000567. The lowest BCUT2D eigenvalue weighted by Gasteiger charge is -2.14. The Morgan fingerprint density at radius 2 is 0.886 bits per heavy atom. The lowest BCUT2D eigenvalue weighted by molar-refractivity contribution is 0.531. The minimum absolute atomic E-state index is 0. The van der Waals surface area contributed by atoms with Gasteiger partial charge in [-0.05, 0) is 82.1 Å². The van der Waals surface area contributed by atoms with E-state index in [0.717, 1.165) is 18.8 Å². The molecule has 0 aromatic heterocycles. The van der Waals surface area contributed by atoms with E-state index in [4.69, 9.17) is 0 Å². The Bertz CT molecular complexity index is 724. The molecule has 0 saturated carbocycles. The highest BCUT2D eigenvalue weighted by atomic mass is 14.1. The van der Waals surface area contributed by atoms with E-state index in [2.05, 4.69) is 91.6 Å². The van der Waals surface area contributed by atoms with Gasteiger partial charge in [-0.1, -0.05) is 199 Å². The van der Waals surface area contributed by atoms with Crippen molar-refractivity contribution in [3.8, 4) is 0 Å². The largest absolute Gasteiger partial charge is 0.0999 e. The van der Waals surface area contributed by atoms with Crippen molar-refractivity contribution in [2.45, 2.75) is 203 Å². The lowest BCUT2D eigenvalue weighted by Crippen LogP contribution is -1.98. The molecule has 0 N–H and O–H groups in total. The molecule has 0 bridgehead atoms. The normalized spacial score (nSPS) is 10.9. The Morgan fingerprint density at radius 3 is 1.39 bits per heavy atom. The van der Waals surface area contributed by atoms with Gasteiger partial charge in [0.05, 0.1) is 0 Å². The van der Waals surface area contributed by atoms with Crippen LogP contribution >= 0.6 is 0 Å². The van der Waals surface area contributed by atoms with E-state index in [1.165, 1.54) is 164 Å². The van der Waals surface area contributed by atoms with Crippen LogP contribution in [0, 0.1) is 5.92 Å². The molecule has 0 heteroatoms. The molecule has 1 aromatic rings. The van der Waals surface area contributed by atoms with Crippen molar-refractivity contribution >= 4 is 0 Å². The number of hydrogen-bond donors (Lipinski definition) is 0. The van der Waals surface area contributed by atoms with Crippen LogP contribution in [0.5, 0.6) is 0 Å². The molecule has 1 aromatic carbocycles. The smallest absolute Gasteiger partial charge is 0.0234 e. The first-order valence-corrected chi connectivity index (χ1v) is 18.9. The van der Waals surface area contributed by atoms with Crippen molar-refractivity contribution in [3.05, 3.63) is 72.4 Å². The highest BCUT2D eigenvalue weighted by molar-refractivity contribution is 5.16. The van der Waals surface area contributed by atoms with Crippen LogP contribution in [0.2, 0.25) is 0 Å². The zero-order chi connectivity index (χ0) is 32.4. The van der Waals surface area contributed by atoms with Crippen LogP contribution in [0.1, 0.15) is 202 Å². The Labute approximate surface area is 280 Å². The number of unbranched alkanes of at least 4 members (excludes halogenated alkanes) is 12. The first-order chi connectivity index (χ1) is 20.9. The zero-order valence-corrected chi connectivity index (χ0v) is 30.6. The number of allylic oxidation sites excluding steroid dienone is 3. The molecule has 258 valence electrons. The van der Waals surface area contributed by atoms with Gasteiger partial charge in [0.15, 0.2) is 0 Å². The first kappa shape index (κ1) is 46.9. The maximum absolute atomic E-state index is 4.21. The second-order valence-electron chi connectivity index (χ2n) is 13.1. The summed E-state index contributed by atoms with van der Waals surface area (Å²) in [5.74, 6) is 0.749. The van der Waals surface area contributed by atoms with Crippen molar-refractivity contribution in [1.29, 1.82) is 0 Å². The molecule has 0 nitrogen and oxygen atoms in total. The summed E-state index contributed by atoms with van der Waals surface area (Å²) < 4.78 is 0. The van der Waals surface area contributed by atoms with Gasteiger partial charge in [-0.2, -0.15) is 0 Å². The van der Waals surface area contributed by atoms with Crippen molar-refractivity contribution in [1.82, 2.24) is 0 Å². The molecular formula is C44H82. The van der Waals surface area contributed by atoms with E-state index in [9.17, 15) is 0 Å². The minimum Gasteiger partial charge on any atom is -0.0999 e. The topological polar surface area (TPSA) is 0 Å². The minimum atomic E-state index is 0. The van der Waals surface area contributed by atoms with Crippen LogP contribution in [-0.2, 0) is 6.42 Å². The molecule has 0 heterocycles. The summed E-state index contributed by atoms with van der Waals surface area (Å²) in [5.41, 5.74) is 5.80. The van der Waals surface area contributed by atoms with Gasteiger partial charge in [0.2, 0.25) is 0 Å². The Morgan fingerprint density at radius 1 is 0.500 bits per heavy atom. The average Bonchev–Trinajstić information content (AvgIpc) is 3.01. The van der Waals surface area contributed by atoms with Gasteiger partial charge < -0.3 is 0 Å². The summed E-state index contributed by atoms with van der Waals surface area (Å²) in [5, 5.41) is 0. The van der Waals surface area contributed by atoms with Gasteiger partial charge in [0, 0.05) is 0 Å². The second kappa shape index (κ2) is 37.6. The third-order valence-electron chi connectivity index (χ3n) is 8.55. The van der Waals surface area contributed by atoms with Crippen LogP contribution in [0.4, 0.5) is 0 Å². The van der Waals surface area contributed by atoms with Crippen LogP contribution in [-0.4, -0.2) is 0 Å². The molecule has 0 aliphatic heterocycles. The van der Waals surface area contributed by atoms with Crippen LogP contribution in [0.25, 0.3) is 0 Å². The third kappa shape index (κ3) is 34.9. The van der Waals surface area contributed by atoms with Crippen molar-refractivity contribution in [2.24, 2.45) is 5.92 Å². The third-order valence-corrected chi connectivity index (χ3v) is 8.55. The molecule has 44 heavy (non-hydrogen) atoms. The summed E-state index contributed by atoms with van der Waals surface area (Å²) in [6, 6.07) is 10.7. The number of rotatable bonds is 26. The van der Waals surface area contributed by atoms with Gasteiger partial charge in [0.25, 0.3) is 0 Å². The summed E-state index contributed by atoms with van der Waals surface area (Å²) in [6.07, 6.45) is 31.7. The van der Waals surface area contributed by atoms with Crippen molar-refractivity contribution in [2.75, 3.05) is 0 Å². The van der Waals surface area contributed by atoms with E-state index < -0.39 is 0 Å². The van der Waals surface area contributed by atoms with Gasteiger partial charge in [-0.3, -0.25) is 0 Å². The molecule has 0 spiro atoms. The first-order valence-electron chi connectivity index (χ1n) is 18.9. The summed E-state index contributed by atoms with van der Waals surface area (Å²) >= 11 is 0. The molecule has 0 aliphatic rings. The van der Waals surface area contributed by atoms with E-state index in [-0.39, 0.29) is 7.43 Å². The van der Waals surface area contributed by atoms with Crippen LogP contribution in [0.15, 0.2) is 66.8 Å². The highest BCUT2D eigenvalue weighted by Crippen LogP contribution is 2.21. The monoisotopic (exact) mass is 611 g/mol. The highest BCUT2D eigenvalue weighted by Gasteiger charge is 2.05. The van der Waals surface area contributed by atoms with E-state index in [1.807, 2.05) is 0 Å². The summed E-state index contributed by atoms with van der Waals surface area (Å²) in [6.45, 7) is 26.1. The Hall–Kier alpha value is -1.56. The second-order valence-corrected chi connectivity index (χ2v) is 13.1. The number of hydrogen-bond acceptors (Lipinski definition) is 0. The van der Waals surface area contributed by atoms with E-state index in [1.54, 1.807) is 0 Å². The maximum atomic E-state index is 4.21. The fourth-order valence-corrected chi connectivity index (χ4v) is 5.20. The fraction of sp³-hybridized carbons (Fsp3) is 0.727. The van der Waals surface area contributed by atoms with Gasteiger partial charge in [-0.25, -0.2) is 0 Å². The maximum Gasteiger partial charge on any atom is -0.0234 e. The standard InChI is InChI=1S/C15H22.2C14H28.CH4/c1-3-4-6-9-14(2)12-13-15-10-7-5-8-11-15;1-5-7-9-11-13(3)14(4)12-10-8-6-2;1-4-6-8-9-11-13-14(3)12-10-7-5-2;/h5,7-8,10-11H,2-4,6,9,12-13H2,1H3;14H,3,5-12H2,1-2,4H3;3-13H2,1-2H3;1H4. The van der Waals surface area contributed by atoms with Gasteiger partial charge >= 0.3 is 0 Å². The summed E-state index contributed by atoms with van der Waals surface area (Å²) in [4.78, 5) is 0. The molecule has 0 amide bonds. The molecule has 0 radical (unpaired) electrons. The fourth-order valence-electron chi connectivity index (χ4n) is 5.20. The Kier molecular flexibility index (Phi) is 40.1. The number of benzene rings is 1. The predicted molar refractivity (Wildman–Crippen MR) is 208 cm³/mol. The average molecular weight is 611 g/mol. The van der Waals surface area contributed by atoms with E-state index in [0.29, 0.717) is 0 Å². The molecule has 1 unspecified atom stereocenters. The zero-order valence-electron chi connectivity index (χ0n) is 30.6. The molecule has 1 rings (SSSR count). The predicted octanol–water partition coefficient (Wildman–Crippen LogP) is 16.2. The molecule has 0 fully saturated rings. The molecule has 0 aliphatic carbocycles. The van der Waals surface area contributed by atoms with Gasteiger partial charge in [0.1, 0.15) is 0 Å².